The fourth-order valence-corrected chi connectivity index (χ4v) is 0.972. The van der Waals surface area contributed by atoms with Crippen LogP contribution in [0.2, 0.25) is 0 Å². The quantitative estimate of drug-likeness (QED) is 0.761. The Morgan fingerprint density at radius 2 is 2.23 bits per heavy atom. The average molecular weight is 203 g/mol. The molecule has 3 nitrogen and oxygen atoms in total. The minimum absolute atomic E-state index is 0. The van der Waals surface area contributed by atoms with E-state index in [9.17, 15) is 0 Å². The zero-order valence-corrected chi connectivity index (χ0v) is 8.42. The summed E-state index contributed by atoms with van der Waals surface area (Å²) in [5, 5.41) is 8.90. The lowest BCUT2D eigenvalue weighted by Gasteiger charge is -2.20. The summed E-state index contributed by atoms with van der Waals surface area (Å²) in [5.41, 5.74) is 6.11. The topological polar surface area (TPSA) is 59.1 Å². The SMILES string of the molecule is CC(N)(CO)Cc1ccccn1.Cl. The van der Waals surface area contributed by atoms with Crippen LogP contribution in [0.3, 0.4) is 0 Å². The van der Waals surface area contributed by atoms with Gasteiger partial charge in [-0.3, -0.25) is 4.98 Å². The third-order valence-electron chi connectivity index (χ3n) is 1.67. The van der Waals surface area contributed by atoms with Crippen LogP contribution in [-0.2, 0) is 6.42 Å². The highest BCUT2D eigenvalue weighted by Crippen LogP contribution is 2.06. The van der Waals surface area contributed by atoms with E-state index in [1.165, 1.54) is 0 Å². The zero-order chi connectivity index (χ0) is 9.03. The minimum Gasteiger partial charge on any atom is -0.394 e. The summed E-state index contributed by atoms with van der Waals surface area (Å²) < 4.78 is 0. The van der Waals surface area contributed by atoms with Gasteiger partial charge in [-0.25, -0.2) is 0 Å². The highest BCUT2D eigenvalue weighted by Gasteiger charge is 2.17. The molecule has 1 unspecified atom stereocenters. The van der Waals surface area contributed by atoms with Gasteiger partial charge < -0.3 is 10.8 Å². The number of pyridine rings is 1. The van der Waals surface area contributed by atoms with E-state index < -0.39 is 5.54 Å². The zero-order valence-electron chi connectivity index (χ0n) is 7.60. The van der Waals surface area contributed by atoms with Crippen LogP contribution in [0.25, 0.3) is 0 Å². The third kappa shape index (κ3) is 4.22. The Kier molecular flexibility index (Phi) is 4.91. The molecule has 13 heavy (non-hydrogen) atoms. The highest BCUT2D eigenvalue weighted by atomic mass is 35.5. The lowest BCUT2D eigenvalue weighted by molar-refractivity contribution is 0.207. The number of rotatable bonds is 3. The maximum atomic E-state index is 8.90. The second-order valence-electron chi connectivity index (χ2n) is 3.31. The lowest BCUT2D eigenvalue weighted by atomic mass is 9.98. The number of halogens is 1. The van der Waals surface area contributed by atoms with Gasteiger partial charge in [0.1, 0.15) is 0 Å². The second-order valence-corrected chi connectivity index (χ2v) is 3.31. The molecular weight excluding hydrogens is 188 g/mol. The molecule has 1 aromatic heterocycles. The molecule has 1 heterocycles. The van der Waals surface area contributed by atoms with E-state index in [0.29, 0.717) is 6.42 Å². The minimum atomic E-state index is -0.561. The van der Waals surface area contributed by atoms with Crippen molar-refractivity contribution in [3.63, 3.8) is 0 Å². The van der Waals surface area contributed by atoms with Crippen LogP contribution in [0.1, 0.15) is 12.6 Å². The number of hydrogen-bond acceptors (Lipinski definition) is 3. The van der Waals surface area contributed by atoms with E-state index >= 15 is 0 Å². The van der Waals surface area contributed by atoms with E-state index in [2.05, 4.69) is 4.98 Å². The van der Waals surface area contributed by atoms with Crippen LogP contribution < -0.4 is 5.73 Å². The van der Waals surface area contributed by atoms with Crippen molar-refractivity contribution in [1.29, 1.82) is 0 Å². The normalized spacial score (nSPS) is 14.4. The smallest absolute Gasteiger partial charge is 0.0612 e. The molecule has 0 radical (unpaired) electrons. The van der Waals surface area contributed by atoms with Crippen molar-refractivity contribution in [2.24, 2.45) is 5.73 Å². The maximum Gasteiger partial charge on any atom is 0.0612 e. The van der Waals surface area contributed by atoms with E-state index in [0.717, 1.165) is 5.69 Å². The van der Waals surface area contributed by atoms with Gasteiger partial charge in [0.15, 0.2) is 0 Å². The van der Waals surface area contributed by atoms with E-state index in [-0.39, 0.29) is 19.0 Å². The number of hydrogen-bond donors (Lipinski definition) is 2. The first-order chi connectivity index (χ1) is 5.64. The predicted octanol–water partition coefficient (Wildman–Crippen LogP) is 0.756. The van der Waals surface area contributed by atoms with Gasteiger partial charge in [-0.1, -0.05) is 6.07 Å². The molecular formula is C9H15ClN2O. The van der Waals surface area contributed by atoms with Crippen LogP contribution >= 0.6 is 12.4 Å². The Morgan fingerprint density at radius 1 is 1.54 bits per heavy atom. The molecule has 74 valence electrons. The summed E-state index contributed by atoms with van der Waals surface area (Å²) in [6, 6.07) is 5.67. The molecule has 0 aliphatic heterocycles. The van der Waals surface area contributed by atoms with Crippen molar-refractivity contribution >= 4 is 12.4 Å². The molecule has 0 aliphatic carbocycles. The molecule has 0 saturated heterocycles. The fourth-order valence-electron chi connectivity index (χ4n) is 0.972. The highest BCUT2D eigenvalue weighted by molar-refractivity contribution is 5.85. The van der Waals surface area contributed by atoms with E-state index in [4.69, 9.17) is 10.8 Å². The van der Waals surface area contributed by atoms with Gasteiger partial charge in [-0.2, -0.15) is 0 Å². The molecule has 3 N–H and O–H groups in total. The first-order valence-corrected chi connectivity index (χ1v) is 3.94. The van der Waals surface area contributed by atoms with Gasteiger partial charge >= 0.3 is 0 Å². The summed E-state index contributed by atoms with van der Waals surface area (Å²) >= 11 is 0. The van der Waals surface area contributed by atoms with Gasteiger partial charge in [0, 0.05) is 23.9 Å². The monoisotopic (exact) mass is 202 g/mol. The molecule has 1 aromatic rings. The molecule has 0 aliphatic rings. The van der Waals surface area contributed by atoms with Crippen molar-refractivity contribution in [3.8, 4) is 0 Å². The maximum absolute atomic E-state index is 8.90. The van der Waals surface area contributed by atoms with E-state index in [1.807, 2.05) is 25.1 Å². The van der Waals surface area contributed by atoms with Crippen LogP contribution in [0.15, 0.2) is 24.4 Å². The number of aromatic nitrogens is 1. The standard InChI is InChI=1S/C9H14N2O.ClH/c1-9(10,7-12)6-8-4-2-3-5-11-8;/h2-5,12H,6-7,10H2,1H3;1H. The molecule has 1 atom stereocenters. The number of nitrogens with two attached hydrogens (primary N) is 1. The Labute approximate surface area is 84.4 Å². The van der Waals surface area contributed by atoms with Crippen LogP contribution in [0, 0.1) is 0 Å². The number of aliphatic hydroxyl groups is 1. The lowest BCUT2D eigenvalue weighted by Crippen LogP contribution is -2.42. The third-order valence-corrected chi connectivity index (χ3v) is 1.67. The first-order valence-electron chi connectivity index (χ1n) is 3.94. The summed E-state index contributed by atoms with van der Waals surface area (Å²) in [4.78, 5) is 4.12. The van der Waals surface area contributed by atoms with Crippen molar-refractivity contribution in [2.75, 3.05) is 6.61 Å². The van der Waals surface area contributed by atoms with Crippen molar-refractivity contribution < 1.29 is 5.11 Å². The van der Waals surface area contributed by atoms with Gasteiger partial charge in [0.2, 0.25) is 0 Å². The van der Waals surface area contributed by atoms with Gasteiger partial charge in [-0.05, 0) is 19.1 Å². The summed E-state index contributed by atoms with van der Waals surface area (Å²) in [7, 11) is 0. The molecule has 0 saturated carbocycles. The van der Waals surface area contributed by atoms with Crippen molar-refractivity contribution in [3.05, 3.63) is 30.1 Å². The molecule has 0 fully saturated rings. The summed E-state index contributed by atoms with van der Waals surface area (Å²) in [6.07, 6.45) is 2.33. The van der Waals surface area contributed by atoms with Crippen LogP contribution in [-0.4, -0.2) is 22.2 Å². The molecule has 0 bridgehead atoms. The Bertz CT molecular complexity index is 239. The Morgan fingerprint density at radius 3 is 2.69 bits per heavy atom. The molecule has 0 spiro atoms. The predicted molar refractivity (Wildman–Crippen MR) is 54.9 cm³/mol. The largest absolute Gasteiger partial charge is 0.394 e. The second kappa shape index (κ2) is 5.17. The first kappa shape index (κ1) is 12.4. The fraction of sp³-hybridized carbons (Fsp3) is 0.444. The molecule has 0 aromatic carbocycles. The van der Waals surface area contributed by atoms with Crippen LogP contribution in [0.4, 0.5) is 0 Å². The van der Waals surface area contributed by atoms with Gasteiger partial charge in [0.25, 0.3) is 0 Å². The summed E-state index contributed by atoms with van der Waals surface area (Å²) in [6.45, 7) is 1.78. The molecule has 0 amide bonds. The van der Waals surface area contributed by atoms with Gasteiger partial charge in [-0.15, -0.1) is 12.4 Å². The average Bonchev–Trinajstić information content (AvgIpc) is 2.06. The van der Waals surface area contributed by atoms with Gasteiger partial charge in [0.05, 0.1) is 6.61 Å². The summed E-state index contributed by atoms with van der Waals surface area (Å²) in [5.74, 6) is 0. The van der Waals surface area contributed by atoms with E-state index in [1.54, 1.807) is 6.20 Å². The Balaban J connectivity index is 0.00000144. The van der Waals surface area contributed by atoms with Crippen molar-refractivity contribution in [1.82, 2.24) is 4.98 Å². The number of nitrogens with zero attached hydrogens (tertiary/aromatic N) is 1. The number of aliphatic hydroxyl groups excluding tert-OH is 1. The Hall–Kier alpha value is -0.640. The van der Waals surface area contributed by atoms with Crippen LogP contribution in [0.5, 0.6) is 0 Å². The molecule has 1 rings (SSSR count). The van der Waals surface area contributed by atoms with Crippen molar-refractivity contribution in [2.45, 2.75) is 18.9 Å². The molecule has 4 heteroatoms.